The summed E-state index contributed by atoms with van der Waals surface area (Å²) in [4.78, 5) is 4.55. The van der Waals surface area contributed by atoms with Crippen LogP contribution in [0.1, 0.15) is 71.0 Å². The first-order valence-electron chi connectivity index (χ1n) is 7.03. The number of nitrogens with zero attached hydrogens (tertiary/aromatic N) is 2. The van der Waals surface area contributed by atoms with Crippen LogP contribution in [0.2, 0.25) is 0 Å². The van der Waals surface area contributed by atoms with E-state index >= 15 is 0 Å². The summed E-state index contributed by atoms with van der Waals surface area (Å²) in [5, 5.41) is 4.14. The molecule has 1 aliphatic rings. The zero-order valence-electron chi connectivity index (χ0n) is 11.9. The number of hydrogen-bond acceptors (Lipinski definition) is 4. The minimum absolute atomic E-state index is 0.445. The Labute approximate surface area is 109 Å². The minimum Gasteiger partial charge on any atom is -0.339 e. The maximum absolute atomic E-state index is 6.57. The lowest BCUT2D eigenvalue weighted by atomic mass is 9.82. The molecule has 18 heavy (non-hydrogen) atoms. The Hall–Kier alpha value is -0.900. The van der Waals surface area contributed by atoms with Crippen molar-refractivity contribution in [3.05, 3.63) is 11.7 Å². The van der Waals surface area contributed by atoms with E-state index in [-0.39, 0.29) is 0 Å². The molecule has 1 aromatic heterocycles. The fraction of sp³-hybridized carbons (Fsp3) is 0.857. The van der Waals surface area contributed by atoms with Crippen molar-refractivity contribution in [2.75, 3.05) is 0 Å². The number of aromatic nitrogens is 2. The minimum atomic E-state index is -0.445. The van der Waals surface area contributed by atoms with Gasteiger partial charge in [0.05, 0.1) is 5.54 Å². The number of rotatable bonds is 6. The highest BCUT2D eigenvalue weighted by Crippen LogP contribution is 2.40. The fourth-order valence-electron chi connectivity index (χ4n) is 2.66. The fourth-order valence-corrected chi connectivity index (χ4v) is 2.66. The Morgan fingerprint density at radius 3 is 2.22 bits per heavy atom. The van der Waals surface area contributed by atoms with Crippen LogP contribution in [0.25, 0.3) is 0 Å². The third-order valence-electron chi connectivity index (χ3n) is 3.36. The molecule has 2 rings (SSSR count). The summed E-state index contributed by atoms with van der Waals surface area (Å²) in [6, 6.07) is 0. The van der Waals surface area contributed by atoms with Crippen LogP contribution in [0.15, 0.2) is 4.52 Å². The van der Waals surface area contributed by atoms with E-state index in [9.17, 15) is 0 Å². The first-order valence-corrected chi connectivity index (χ1v) is 7.03. The molecular formula is C14H25N3O. The predicted octanol–water partition coefficient (Wildman–Crippen LogP) is 3.19. The quantitative estimate of drug-likeness (QED) is 0.843. The molecule has 2 N–H and O–H groups in total. The second-order valence-electron chi connectivity index (χ2n) is 6.58. The van der Waals surface area contributed by atoms with Gasteiger partial charge >= 0.3 is 0 Å². The van der Waals surface area contributed by atoms with Crippen molar-refractivity contribution >= 4 is 0 Å². The molecule has 1 saturated carbocycles. The third kappa shape index (κ3) is 3.10. The van der Waals surface area contributed by atoms with Crippen molar-refractivity contribution < 1.29 is 4.52 Å². The van der Waals surface area contributed by atoms with Crippen LogP contribution in [0.5, 0.6) is 0 Å². The molecule has 0 amide bonds. The third-order valence-corrected chi connectivity index (χ3v) is 3.36. The van der Waals surface area contributed by atoms with Crippen molar-refractivity contribution in [1.29, 1.82) is 0 Å². The van der Waals surface area contributed by atoms with Gasteiger partial charge in [0, 0.05) is 5.92 Å². The summed E-state index contributed by atoms with van der Waals surface area (Å²) in [6.45, 7) is 8.74. The lowest BCUT2D eigenvalue weighted by Crippen LogP contribution is -2.40. The molecular weight excluding hydrogens is 226 g/mol. The SMILES string of the molecule is CC(C)CC(N)(CC(C)C)c1noc(C2CC2)n1. The predicted molar refractivity (Wildman–Crippen MR) is 71.0 cm³/mol. The average Bonchev–Trinajstić information content (AvgIpc) is 2.93. The van der Waals surface area contributed by atoms with Gasteiger partial charge in [0.1, 0.15) is 0 Å². The van der Waals surface area contributed by atoms with Crippen LogP contribution < -0.4 is 5.73 Å². The van der Waals surface area contributed by atoms with Crippen LogP contribution >= 0.6 is 0 Å². The van der Waals surface area contributed by atoms with E-state index in [4.69, 9.17) is 10.3 Å². The summed E-state index contributed by atoms with van der Waals surface area (Å²) in [7, 11) is 0. The lowest BCUT2D eigenvalue weighted by molar-refractivity contribution is 0.263. The molecule has 102 valence electrons. The molecule has 1 heterocycles. The Morgan fingerprint density at radius 2 is 1.78 bits per heavy atom. The molecule has 0 aliphatic heterocycles. The summed E-state index contributed by atoms with van der Waals surface area (Å²) in [6.07, 6.45) is 4.14. The molecule has 0 radical (unpaired) electrons. The Balaban J connectivity index is 2.19. The smallest absolute Gasteiger partial charge is 0.229 e. The monoisotopic (exact) mass is 251 g/mol. The van der Waals surface area contributed by atoms with E-state index in [2.05, 4.69) is 37.8 Å². The highest BCUT2D eigenvalue weighted by Gasteiger charge is 2.37. The summed E-state index contributed by atoms with van der Waals surface area (Å²) >= 11 is 0. The van der Waals surface area contributed by atoms with Crippen molar-refractivity contribution in [2.24, 2.45) is 17.6 Å². The van der Waals surface area contributed by atoms with Gasteiger partial charge < -0.3 is 10.3 Å². The first kappa shape index (κ1) is 13.5. The van der Waals surface area contributed by atoms with Gasteiger partial charge in [-0.25, -0.2) is 0 Å². The largest absolute Gasteiger partial charge is 0.339 e. The lowest BCUT2D eigenvalue weighted by Gasteiger charge is -2.29. The summed E-state index contributed by atoms with van der Waals surface area (Å²) < 4.78 is 5.36. The van der Waals surface area contributed by atoms with E-state index in [0.717, 1.165) is 18.7 Å². The molecule has 0 spiro atoms. The maximum atomic E-state index is 6.57. The van der Waals surface area contributed by atoms with Gasteiger partial charge in [-0.05, 0) is 37.5 Å². The van der Waals surface area contributed by atoms with Gasteiger partial charge in [0.2, 0.25) is 5.89 Å². The molecule has 0 bridgehead atoms. The maximum Gasteiger partial charge on any atom is 0.229 e. The van der Waals surface area contributed by atoms with Crippen LogP contribution in [-0.4, -0.2) is 10.1 Å². The molecule has 0 saturated heterocycles. The van der Waals surface area contributed by atoms with Crippen molar-refractivity contribution in [3.8, 4) is 0 Å². The number of nitrogens with two attached hydrogens (primary N) is 1. The first-order chi connectivity index (χ1) is 8.40. The van der Waals surface area contributed by atoms with Gasteiger partial charge in [0.25, 0.3) is 0 Å². The van der Waals surface area contributed by atoms with Crippen molar-refractivity contribution in [2.45, 2.75) is 64.8 Å². The van der Waals surface area contributed by atoms with E-state index in [1.807, 2.05) is 0 Å². The van der Waals surface area contributed by atoms with Gasteiger partial charge in [-0.3, -0.25) is 0 Å². The Morgan fingerprint density at radius 1 is 1.22 bits per heavy atom. The standard InChI is InChI=1S/C14H25N3O/c1-9(2)7-14(15,8-10(3)4)13-16-12(18-17-13)11-5-6-11/h9-11H,5-8,15H2,1-4H3. The van der Waals surface area contributed by atoms with Gasteiger partial charge in [-0.15, -0.1) is 0 Å². The number of hydrogen-bond donors (Lipinski definition) is 1. The van der Waals surface area contributed by atoms with Crippen molar-refractivity contribution in [3.63, 3.8) is 0 Å². The highest BCUT2D eigenvalue weighted by atomic mass is 16.5. The normalized spacial score (nSPS) is 16.8. The van der Waals surface area contributed by atoms with Crippen LogP contribution in [-0.2, 0) is 5.54 Å². The average molecular weight is 251 g/mol. The molecule has 0 atom stereocenters. The van der Waals surface area contributed by atoms with Gasteiger partial charge in [-0.2, -0.15) is 4.98 Å². The Kier molecular flexibility index (Phi) is 3.76. The van der Waals surface area contributed by atoms with Crippen LogP contribution in [0, 0.1) is 11.8 Å². The van der Waals surface area contributed by atoms with E-state index < -0.39 is 5.54 Å². The Bertz CT molecular complexity index is 383. The molecule has 1 aromatic rings. The molecule has 0 unspecified atom stereocenters. The van der Waals surface area contributed by atoms with Crippen molar-refractivity contribution in [1.82, 2.24) is 10.1 Å². The van der Waals surface area contributed by atoms with Gasteiger partial charge in [-0.1, -0.05) is 32.9 Å². The topological polar surface area (TPSA) is 64.9 Å². The summed E-state index contributed by atoms with van der Waals surface area (Å²) in [5.74, 6) is 3.03. The van der Waals surface area contributed by atoms with Gasteiger partial charge in [0.15, 0.2) is 5.82 Å². The zero-order valence-corrected chi connectivity index (χ0v) is 11.9. The van der Waals surface area contributed by atoms with E-state index in [0.29, 0.717) is 23.6 Å². The molecule has 0 aromatic carbocycles. The molecule has 1 aliphatic carbocycles. The molecule has 1 fully saturated rings. The molecule has 4 heteroatoms. The second kappa shape index (κ2) is 5.00. The van der Waals surface area contributed by atoms with E-state index in [1.165, 1.54) is 12.8 Å². The molecule has 4 nitrogen and oxygen atoms in total. The van der Waals surface area contributed by atoms with Crippen LogP contribution in [0.4, 0.5) is 0 Å². The zero-order chi connectivity index (χ0) is 13.3. The highest BCUT2D eigenvalue weighted by molar-refractivity contribution is 5.09. The second-order valence-corrected chi connectivity index (χ2v) is 6.58. The summed E-state index contributed by atoms with van der Waals surface area (Å²) in [5.41, 5.74) is 6.12. The van der Waals surface area contributed by atoms with Crippen LogP contribution in [0.3, 0.4) is 0 Å². The van der Waals surface area contributed by atoms with E-state index in [1.54, 1.807) is 0 Å².